The predicted octanol–water partition coefficient (Wildman–Crippen LogP) is 4.93. The number of hydrogen-bond acceptors (Lipinski definition) is 4. The smallest absolute Gasteiger partial charge is 0.274 e. The van der Waals surface area contributed by atoms with E-state index in [-0.39, 0.29) is 12.5 Å². The summed E-state index contributed by atoms with van der Waals surface area (Å²) in [5.41, 5.74) is 2.58. The fraction of sp³-hybridized carbons (Fsp3) is 0.136. The number of ether oxygens (including phenoxy) is 1. The van der Waals surface area contributed by atoms with Crippen LogP contribution in [0, 0.1) is 5.82 Å². The summed E-state index contributed by atoms with van der Waals surface area (Å²) in [7, 11) is 1.59. The van der Waals surface area contributed by atoms with Gasteiger partial charge in [-0.15, -0.1) is 0 Å². The summed E-state index contributed by atoms with van der Waals surface area (Å²) in [4.78, 5) is 19.3. The third-order valence-corrected chi connectivity index (χ3v) is 6.02. The van der Waals surface area contributed by atoms with Crippen LogP contribution in [0.2, 0.25) is 10.0 Å². The lowest BCUT2D eigenvalue weighted by atomic mass is 9.99. The molecule has 2 aromatic heterocycles. The van der Waals surface area contributed by atoms with E-state index in [1.165, 1.54) is 29.0 Å². The first kappa shape index (κ1) is 19.8. The van der Waals surface area contributed by atoms with Gasteiger partial charge in [0.1, 0.15) is 23.6 Å². The quantitative estimate of drug-likeness (QED) is 0.436. The van der Waals surface area contributed by atoms with Crippen LogP contribution in [0.25, 0.3) is 5.65 Å². The number of rotatable bonds is 4. The van der Waals surface area contributed by atoms with Gasteiger partial charge in [0, 0.05) is 28.8 Å². The molecule has 3 heterocycles. The number of aromatic nitrogens is 3. The Morgan fingerprint density at radius 1 is 1.10 bits per heavy atom. The zero-order valence-corrected chi connectivity index (χ0v) is 17.7. The molecule has 0 radical (unpaired) electrons. The molecule has 0 N–H and O–H groups in total. The maximum atomic E-state index is 14.2. The molecule has 0 spiro atoms. The number of nitrogens with zero attached hydrogens (tertiary/aromatic N) is 4. The van der Waals surface area contributed by atoms with Gasteiger partial charge >= 0.3 is 0 Å². The molecule has 1 aliphatic rings. The molecule has 156 valence electrons. The van der Waals surface area contributed by atoms with Gasteiger partial charge in [-0.3, -0.25) is 4.79 Å². The van der Waals surface area contributed by atoms with Crippen molar-refractivity contribution in [3.63, 3.8) is 0 Å². The molecule has 4 aromatic rings. The molecule has 9 heteroatoms. The van der Waals surface area contributed by atoms with E-state index in [0.717, 1.165) is 5.56 Å². The van der Waals surface area contributed by atoms with Crippen molar-refractivity contribution in [1.29, 1.82) is 0 Å². The van der Waals surface area contributed by atoms with E-state index in [4.69, 9.17) is 27.9 Å². The van der Waals surface area contributed by atoms with Crippen molar-refractivity contribution in [3.8, 4) is 5.75 Å². The Labute approximate surface area is 186 Å². The zero-order valence-electron chi connectivity index (χ0n) is 16.2. The highest BCUT2D eigenvalue weighted by atomic mass is 35.5. The second-order valence-corrected chi connectivity index (χ2v) is 7.95. The largest absolute Gasteiger partial charge is 0.497 e. The number of halogens is 3. The highest BCUT2D eigenvalue weighted by Crippen LogP contribution is 2.45. The second-order valence-electron chi connectivity index (χ2n) is 7.13. The minimum Gasteiger partial charge on any atom is -0.497 e. The molecule has 1 aliphatic heterocycles. The molecule has 31 heavy (non-hydrogen) atoms. The zero-order chi connectivity index (χ0) is 21.7. The average Bonchev–Trinajstić information content (AvgIpc) is 3.33. The summed E-state index contributed by atoms with van der Waals surface area (Å²) in [6.45, 7) is 0.252. The molecule has 0 saturated heterocycles. The Balaban J connectivity index is 1.70. The van der Waals surface area contributed by atoms with E-state index in [0.29, 0.717) is 38.3 Å². The van der Waals surface area contributed by atoms with Crippen molar-refractivity contribution in [3.05, 3.63) is 93.1 Å². The van der Waals surface area contributed by atoms with Crippen molar-refractivity contribution in [2.45, 2.75) is 12.6 Å². The van der Waals surface area contributed by atoms with Crippen LogP contribution in [0.4, 0.5) is 4.39 Å². The highest BCUT2D eigenvalue weighted by molar-refractivity contribution is 6.33. The van der Waals surface area contributed by atoms with Crippen LogP contribution in [-0.4, -0.2) is 32.5 Å². The van der Waals surface area contributed by atoms with Gasteiger partial charge in [0.2, 0.25) is 0 Å². The van der Waals surface area contributed by atoms with Gasteiger partial charge in [0.15, 0.2) is 5.65 Å². The van der Waals surface area contributed by atoms with Gasteiger partial charge in [-0.1, -0.05) is 35.3 Å². The van der Waals surface area contributed by atoms with Crippen LogP contribution in [-0.2, 0) is 6.54 Å². The van der Waals surface area contributed by atoms with E-state index < -0.39 is 11.9 Å². The number of pyridine rings is 1. The fourth-order valence-corrected chi connectivity index (χ4v) is 4.46. The molecule has 5 rings (SSSR count). The SMILES string of the molecule is COc1ccc(CN2C(=O)c3c(c(Cl)cc4ncnn34)C2c2cc(F)ccc2Cl)cc1. The molecule has 6 nitrogen and oxygen atoms in total. The molecule has 0 bridgehead atoms. The minimum atomic E-state index is -0.686. The summed E-state index contributed by atoms with van der Waals surface area (Å²) in [5, 5.41) is 4.86. The van der Waals surface area contributed by atoms with Gasteiger partial charge in [0.05, 0.1) is 18.2 Å². The normalized spacial score (nSPS) is 15.5. The highest BCUT2D eigenvalue weighted by Gasteiger charge is 2.42. The van der Waals surface area contributed by atoms with Crippen LogP contribution in [0.3, 0.4) is 0 Å². The fourth-order valence-electron chi connectivity index (χ4n) is 3.95. The Morgan fingerprint density at radius 2 is 1.87 bits per heavy atom. The average molecular weight is 457 g/mol. The van der Waals surface area contributed by atoms with Crippen LogP contribution in [0.1, 0.15) is 33.2 Å². The lowest BCUT2D eigenvalue weighted by Gasteiger charge is -2.27. The van der Waals surface area contributed by atoms with Gasteiger partial charge in [-0.25, -0.2) is 13.9 Å². The van der Waals surface area contributed by atoms with Crippen LogP contribution in [0.15, 0.2) is 54.9 Å². The lowest BCUT2D eigenvalue weighted by molar-refractivity contribution is 0.0729. The Bertz CT molecular complexity index is 1320. The first-order chi connectivity index (χ1) is 15.0. The van der Waals surface area contributed by atoms with Crippen molar-refractivity contribution in [1.82, 2.24) is 19.5 Å². The van der Waals surface area contributed by atoms with E-state index in [9.17, 15) is 9.18 Å². The molecule has 2 aromatic carbocycles. The van der Waals surface area contributed by atoms with Gasteiger partial charge < -0.3 is 9.64 Å². The Hall–Kier alpha value is -3.16. The van der Waals surface area contributed by atoms with Crippen LogP contribution >= 0.6 is 23.2 Å². The number of carbonyl (C=O) groups excluding carboxylic acids is 1. The molecule has 1 unspecified atom stereocenters. The van der Waals surface area contributed by atoms with E-state index in [2.05, 4.69) is 10.1 Å². The van der Waals surface area contributed by atoms with Crippen molar-refractivity contribution in [2.24, 2.45) is 0 Å². The van der Waals surface area contributed by atoms with Gasteiger partial charge in [-0.05, 0) is 35.9 Å². The third-order valence-electron chi connectivity index (χ3n) is 5.37. The standard InChI is InChI=1S/C22H15Cl2FN4O2/c1-31-14-5-2-12(3-6-14)10-28-20(15-8-13(25)4-7-16(15)23)19-17(24)9-18-26-11-27-29(18)21(19)22(28)30/h2-9,11,20H,10H2,1H3. The monoisotopic (exact) mass is 456 g/mol. The maximum absolute atomic E-state index is 14.2. The lowest BCUT2D eigenvalue weighted by Crippen LogP contribution is -2.29. The molecule has 0 saturated carbocycles. The molecular weight excluding hydrogens is 442 g/mol. The van der Waals surface area contributed by atoms with E-state index in [1.807, 2.05) is 24.3 Å². The third kappa shape index (κ3) is 3.21. The molecule has 0 fully saturated rings. The summed E-state index contributed by atoms with van der Waals surface area (Å²) >= 11 is 13.1. The number of amides is 1. The van der Waals surface area contributed by atoms with Crippen molar-refractivity contribution < 1.29 is 13.9 Å². The number of carbonyl (C=O) groups is 1. The van der Waals surface area contributed by atoms with E-state index >= 15 is 0 Å². The summed E-state index contributed by atoms with van der Waals surface area (Å²) in [6.07, 6.45) is 1.36. The Morgan fingerprint density at radius 3 is 2.61 bits per heavy atom. The summed E-state index contributed by atoms with van der Waals surface area (Å²) in [6, 6.07) is 12.4. The van der Waals surface area contributed by atoms with Crippen LogP contribution < -0.4 is 4.74 Å². The Kier molecular flexibility index (Phi) is 4.79. The molecule has 1 amide bonds. The van der Waals surface area contributed by atoms with Crippen LogP contribution in [0.5, 0.6) is 5.75 Å². The molecular formula is C22H15Cl2FN4O2. The van der Waals surface area contributed by atoms with E-state index in [1.54, 1.807) is 18.1 Å². The number of hydrogen-bond donors (Lipinski definition) is 0. The topological polar surface area (TPSA) is 59.7 Å². The summed E-state index contributed by atoms with van der Waals surface area (Å²) in [5.74, 6) is -0.0475. The first-order valence-corrected chi connectivity index (χ1v) is 10.1. The number of benzene rings is 2. The first-order valence-electron chi connectivity index (χ1n) is 9.39. The van der Waals surface area contributed by atoms with Gasteiger partial charge in [-0.2, -0.15) is 5.10 Å². The number of fused-ring (bicyclic) bond motifs is 3. The predicted molar refractivity (Wildman–Crippen MR) is 114 cm³/mol. The molecule has 1 atom stereocenters. The van der Waals surface area contributed by atoms with Crippen molar-refractivity contribution in [2.75, 3.05) is 7.11 Å². The van der Waals surface area contributed by atoms with Gasteiger partial charge in [0.25, 0.3) is 5.91 Å². The van der Waals surface area contributed by atoms with Crippen molar-refractivity contribution >= 4 is 34.8 Å². The maximum Gasteiger partial charge on any atom is 0.274 e. The number of methoxy groups -OCH3 is 1. The second kappa shape index (κ2) is 7.51. The summed E-state index contributed by atoms with van der Waals surface area (Å²) < 4.78 is 20.8. The minimum absolute atomic E-state index is 0.252. The molecule has 0 aliphatic carbocycles.